The van der Waals surface area contributed by atoms with E-state index < -0.39 is 0 Å². The minimum Gasteiger partial charge on any atom is -0.497 e. The molecule has 0 aliphatic heterocycles. The molecule has 2 rings (SSSR count). The molecule has 0 spiro atoms. The van der Waals surface area contributed by atoms with Crippen molar-refractivity contribution in [1.82, 2.24) is 0 Å². The van der Waals surface area contributed by atoms with Crippen molar-refractivity contribution in [3.8, 4) is 5.75 Å². The lowest BCUT2D eigenvalue weighted by atomic mass is 10.0. The highest BCUT2D eigenvalue weighted by Crippen LogP contribution is 2.36. The number of carbonyl (C=O) groups excluding carboxylic acids is 1. The molecule has 1 unspecified atom stereocenters. The maximum Gasteiger partial charge on any atom is 0.199 e. The zero-order valence-corrected chi connectivity index (χ0v) is 10.1. The van der Waals surface area contributed by atoms with E-state index in [0.29, 0.717) is 0 Å². The third-order valence-corrected chi connectivity index (χ3v) is 3.45. The second-order valence-corrected chi connectivity index (χ2v) is 4.52. The Hall–Kier alpha value is -0.580. The highest BCUT2D eigenvalue weighted by atomic mass is 127. The van der Waals surface area contributed by atoms with Gasteiger partial charge in [-0.25, -0.2) is 0 Å². The number of benzene rings is 1. The molecule has 0 radical (unpaired) electrons. The molecule has 1 aliphatic carbocycles. The summed E-state index contributed by atoms with van der Waals surface area (Å²) in [5, 5.41) is 0. The van der Waals surface area contributed by atoms with Crippen LogP contribution < -0.4 is 4.74 Å². The van der Waals surface area contributed by atoms with Gasteiger partial charge in [0.25, 0.3) is 0 Å². The van der Waals surface area contributed by atoms with E-state index in [1.165, 1.54) is 11.1 Å². The van der Waals surface area contributed by atoms with Crippen LogP contribution in [0.25, 0.3) is 0 Å². The van der Waals surface area contributed by atoms with E-state index in [1.807, 2.05) is 40.8 Å². The molecule has 1 aromatic rings. The molecule has 0 bridgehead atoms. The Bertz CT molecular complexity index is 374. The van der Waals surface area contributed by atoms with E-state index in [1.54, 1.807) is 7.11 Å². The minimum absolute atomic E-state index is 0.108. The summed E-state index contributed by atoms with van der Waals surface area (Å²) >= 11 is 1.89. The zero-order chi connectivity index (χ0) is 10.1. The van der Waals surface area contributed by atoms with Gasteiger partial charge in [-0.3, -0.25) is 4.79 Å². The lowest BCUT2D eigenvalue weighted by molar-refractivity contribution is -0.110. The first-order valence-electron chi connectivity index (χ1n) is 4.58. The third-order valence-electron chi connectivity index (χ3n) is 2.70. The SMILES string of the molecule is COc1ccc2c(c1)CCC2C(=O)I. The van der Waals surface area contributed by atoms with Gasteiger partial charge in [-0.2, -0.15) is 0 Å². The van der Waals surface area contributed by atoms with Crippen molar-refractivity contribution >= 4 is 26.4 Å². The second-order valence-electron chi connectivity index (χ2n) is 3.46. The lowest BCUT2D eigenvalue weighted by Gasteiger charge is -2.07. The fourth-order valence-corrected chi connectivity index (χ4v) is 2.60. The van der Waals surface area contributed by atoms with Crippen LogP contribution in [0.3, 0.4) is 0 Å². The molecule has 0 aromatic heterocycles. The number of carbonyl (C=O) groups is 1. The molecule has 0 amide bonds. The summed E-state index contributed by atoms with van der Waals surface area (Å²) in [6, 6.07) is 5.98. The molecule has 0 heterocycles. The molecular formula is C11H11IO2. The quantitative estimate of drug-likeness (QED) is 0.620. The van der Waals surface area contributed by atoms with Crippen molar-refractivity contribution in [3.63, 3.8) is 0 Å². The fraction of sp³-hybridized carbons (Fsp3) is 0.364. The number of fused-ring (bicyclic) bond motifs is 1. The lowest BCUT2D eigenvalue weighted by Crippen LogP contribution is -2.01. The average Bonchev–Trinajstić information content (AvgIpc) is 2.59. The Balaban J connectivity index is 2.38. The summed E-state index contributed by atoms with van der Waals surface area (Å²) in [6.07, 6.45) is 1.94. The van der Waals surface area contributed by atoms with Crippen molar-refractivity contribution in [3.05, 3.63) is 29.3 Å². The maximum absolute atomic E-state index is 11.3. The highest BCUT2D eigenvalue weighted by molar-refractivity contribution is 14.1. The molecule has 1 aromatic carbocycles. The van der Waals surface area contributed by atoms with Crippen LogP contribution in [0.15, 0.2) is 18.2 Å². The van der Waals surface area contributed by atoms with E-state index in [2.05, 4.69) is 0 Å². The monoisotopic (exact) mass is 302 g/mol. The Morgan fingerprint density at radius 1 is 1.57 bits per heavy atom. The molecular weight excluding hydrogens is 291 g/mol. The molecule has 0 saturated heterocycles. The summed E-state index contributed by atoms with van der Waals surface area (Å²) in [6.45, 7) is 0. The number of ether oxygens (including phenoxy) is 1. The van der Waals surface area contributed by atoms with Gasteiger partial charge in [0.15, 0.2) is 3.79 Å². The largest absolute Gasteiger partial charge is 0.497 e. The van der Waals surface area contributed by atoms with Gasteiger partial charge in [-0.05, 0) is 36.1 Å². The van der Waals surface area contributed by atoms with E-state index in [-0.39, 0.29) is 9.71 Å². The first-order valence-corrected chi connectivity index (χ1v) is 5.66. The summed E-state index contributed by atoms with van der Waals surface area (Å²) in [5.41, 5.74) is 2.45. The van der Waals surface area contributed by atoms with Gasteiger partial charge in [0.2, 0.25) is 0 Å². The van der Waals surface area contributed by atoms with Crippen LogP contribution in [0.1, 0.15) is 23.5 Å². The number of hydrogen-bond acceptors (Lipinski definition) is 2. The first-order chi connectivity index (χ1) is 6.72. The van der Waals surface area contributed by atoms with Crippen molar-refractivity contribution in [2.45, 2.75) is 18.8 Å². The van der Waals surface area contributed by atoms with Crippen LogP contribution in [-0.2, 0) is 11.2 Å². The maximum atomic E-state index is 11.3. The zero-order valence-electron chi connectivity index (χ0n) is 7.92. The molecule has 74 valence electrons. The molecule has 3 heteroatoms. The number of hydrogen-bond donors (Lipinski definition) is 0. The van der Waals surface area contributed by atoms with Crippen LogP contribution in [-0.4, -0.2) is 10.9 Å². The molecule has 0 saturated carbocycles. The molecule has 1 aliphatic rings. The van der Waals surface area contributed by atoms with Crippen molar-refractivity contribution in [2.75, 3.05) is 7.11 Å². The summed E-state index contributed by atoms with van der Waals surface area (Å²) in [7, 11) is 1.66. The number of aryl methyl sites for hydroxylation is 1. The normalized spacial score (nSPS) is 19.1. The smallest absolute Gasteiger partial charge is 0.199 e. The number of halogens is 1. The van der Waals surface area contributed by atoms with Gasteiger partial charge in [0.05, 0.1) is 13.0 Å². The van der Waals surface area contributed by atoms with Crippen molar-refractivity contribution in [2.24, 2.45) is 0 Å². The summed E-state index contributed by atoms with van der Waals surface area (Å²) in [4.78, 5) is 11.3. The van der Waals surface area contributed by atoms with Crippen molar-refractivity contribution < 1.29 is 9.53 Å². The number of methoxy groups -OCH3 is 1. The van der Waals surface area contributed by atoms with Gasteiger partial charge < -0.3 is 4.74 Å². The summed E-state index contributed by atoms with van der Waals surface area (Å²) in [5.74, 6) is 0.988. The van der Waals surface area contributed by atoms with Crippen LogP contribution in [0.2, 0.25) is 0 Å². The van der Waals surface area contributed by atoms with Crippen LogP contribution in [0.4, 0.5) is 0 Å². The van der Waals surface area contributed by atoms with Gasteiger partial charge in [0.1, 0.15) is 5.75 Å². The Morgan fingerprint density at radius 2 is 2.36 bits per heavy atom. The van der Waals surface area contributed by atoms with E-state index >= 15 is 0 Å². The third kappa shape index (κ3) is 1.65. The second kappa shape index (κ2) is 3.88. The molecule has 1 atom stereocenters. The fourth-order valence-electron chi connectivity index (χ4n) is 1.96. The van der Waals surface area contributed by atoms with Gasteiger partial charge in [-0.1, -0.05) is 6.07 Å². The predicted molar refractivity (Wildman–Crippen MR) is 63.1 cm³/mol. The summed E-state index contributed by atoms with van der Waals surface area (Å²) < 4.78 is 5.39. The van der Waals surface area contributed by atoms with Crippen LogP contribution >= 0.6 is 22.6 Å². The van der Waals surface area contributed by atoms with Gasteiger partial charge in [-0.15, -0.1) is 0 Å². The molecule has 0 N–H and O–H groups in total. The molecule has 14 heavy (non-hydrogen) atoms. The standard InChI is InChI=1S/C11H11IO2/c1-14-8-3-5-9-7(6-8)2-4-10(9)11(12)13/h3,5-6,10H,2,4H2,1H3. The van der Waals surface area contributed by atoms with Crippen LogP contribution in [0, 0.1) is 0 Å². The minimum atomic E-state index is 0.108. The van der Waals surface area contributed by atoms with Crippen molar-refractivity contribution in [1.29, 1.82) is 0 Å². The van der Waals surface area contributed by atoms with E-state index in [4.69, 9.17) is 4.74 Å². The first kappa shape index (κ1) is 9.96. The van der Waals surface area contributed by atoms with Crippen LogP contribution in [0.5, 0.6) is 5.75 Å². The number of rotatable bonds is 2. The predicted octanol–water partition coefficient (Wildman–Crippen LogP) is 2.69. The average molecular weight is 302 g/mol. The topological polar surface area (TPSA) is 26.3 Å². The van der Waals surface area contributed by atoms with Gasteiger partial charge in [0, 0.05) is 22.6 Å². The Kier molecular flexibility index (Phi) is 2.76. The molecule has 0 fully saturated rings. The van der Waals surface area contributed by atoms with Gasteiger partial charge >= 0.3 is 0 Å². The highest BCUT2D eigenvalue weighted by Gasteiger charge is 2.26. The van der Waals surface area contributed by atoms with E-state index in [9.17, 15) is 4.79 Å². The Morgan fingerprint density at radius 3 is 3.00 bits per heavy atom. The molecule has 2 nitrogen and oxygen atoms in total. The van der Waals surface area contributed by atoms with E-state index in [0.717, 1.165) is 18.6 Å². The Labute approximate surface area is 96.8 Å².